The number of hydrogen-bond donors (Lipinski definition) is 1. The highest BCUT2D eigenvalue weighted by Crippen LogP contribution is 2.19. The van der Waals surface area contributed by atoms with Gasteiger partial charge in [-0.2, -0.15) is 0 Å². The maximum atomic E-state index is 11.6. The van der Waals surface area contributed by atoms with Crippen molar-refractivity contribution in [2.75, 3.05) is 0 Å². The minimum atomic E-state index is -1.46. The number of ketones is 1. The molecule has 0 saturated carbocycles. The van der Waals surface area contributed by atoms with E-state index in [1.54, 1.807) is 18.2 Å². The first-order valence-electron chi connectivity index (χ1n) is 6.13. The first-order valence-corrected chi connectivity index (χ1v) is 6.13. The standard InChI is InChI=1S/C16H14O4/c1-11-6-2-5-9-14(11)20-10-12-7-3-4-8-13(12)15(17)16(18)19/h2-9H,10H2,1H3,(H,18,19). The molecule has 0 heterocycles. The number of carbonyl (C=O) groups is 2. The number of hydrogen-bond acceptors (Lipinski definition) is 3. The zero-order valence-corrected chi connectivity index (χ0v) is 11.0. The van der Waals surface area contributed by atoms with Crippen LogP contribution in [0.4, 0.5) is 0 Å². The minimum absolute atomic E-state index is 0.153. The van der Waals surface area contributed by atoms with E-state index < -0.39 is 11.8 Å². The van der Waals surface area contributed by atoms with Gasteiger partial charge in [0.1, 0.15) is 12.4 Å². The molecule has 0 fully saturated rings. The van der Waals surface area contributed by atoms with Crippen molar-refractivity contribution in [3.63, 3.8) is 0 Å². The lowest BCUT2D eigenvalue weighted by Gasteiger charge is -2.11. The third-order valence-corrected chi connectivity index (χ3v) is 2.93. The summed E-state index contributed by atoms with van der Waals surface area (Å²) in [6, 6.07) is 14.1. The van der Waals surface area contributed by atoms with Crippen LogP contribution in [0.3, 0.4) is 0 Å². The second-order valence-corrected chi connectivity index (χ2v) is 4.35. The average molecular weight is 270 g/mol. The van der Waals surface area contributed by atoms with Crippen molar-refractivity contribution >= 4 is 11.8 Å². The lowest BCUT2D eigenvalue weighted by molar-refractivity contribution is -0.131. The van der Waals surface area contributed by atoms with Crippen molar-refractivity contribution in [2.45, 2.75) is 13.5 Å². The van der Waals surface area contributed by atoms with Gasteiger partial charge < -0.3 is 9.84 Å². The molecule has 4 heteroatoms. The van der Waals surface area contributed by atoms with Gasteiger partial charge in [-0.05, 0) is 18.6 Å². The third-order valence-electron chi connectivity index (χ3n) is 2.93. The number of Topliss-reactive ketones (excluding diaryl/α,β-unsaturated/α-hetero) is 1. The summed E-state index contributed by atoms with van der Waals surface area (Å²) in [7, 11) is 0. The molecule has 4 nitrogen and oxygen atoms in total. The van der Waals surface area contributed by atoms with Crippen LogP contribution in [0, 0.1) is 6.92 Å². The number of ether oxygens (including phenoxy) is 1. The van der Waals surface area contributed by atoms with Gasteiger partial charge >= 0.3 is 5.97 Å². The zero-order chi connectivity index (χ0) is 14.5. The number of carboxylic acid groups (broad SMARTS) is 1. The SMILES string of the molecule is Cc1ccccc1OCc1ccccc1C(=O)C(=O)O. The summed E-state index contributed by atoms with van der Waals surface area (Å²) in [4.78, 5) is 22.4. The molecule has 0 atom stereocenters. The number of aryl methyl sites for hydroxylation is 1. The summed E-state index contributed by atoms with van der Waals surface area (Å²) >= 11 is 0. The van der Waals surface area contributed by atoms with Gasteiger partial charge in [0, 0.05) is 11.1 Å². The van der Waals surface area contributed by atoms with E-state index in [0.717, 1.165) is 5.56 Å². The molecule has 0 bridgehead atoms. The zero-order valence-electron chi connectivity index (χ0n) is 11.0. The lowest BCUT2D eigenvalue weighted by Crippen LogP contribution is -2.15. The summed E-state index contributed by atoms with van der Waals surface area (Å²) in [5.74, 6) is -1.67. The summed E-state index contributed by atoms with van der Waals surface area (Å²) in [5.41, 5.74) is 1.70. The van der Waals surface area contributed by atoms with E-state index in [1.165, 1.54) is 6.07 Å². The van der Waals surface area contributed by atoms with Crippen molar-refractivity contribution in [1.82, 2.24) is 0 Å². The summed E-state index contributed by atoms with van der Waals surface area (Å²) < 4.78 is 5.65. The largest absolute Gasteiger partial charge is 0.489 e. The Morgan fingerprint density at radius 1 is 1.05 bits per heavy atom. The third kappa shape index (κ3) is 3.03. The maximum Gasteiger partial charge on any atom is 0.377 e. The summed E-state index contributed by atoms with van der Waals surface area (Å²) in [6.45, 7) is 2.07. The van der Waals surface area contributed by atoms with Crippen LogP contribution in [0.25, 0.3) is 0 Å². The van der Waals surface area contributed by atoms with Crippen LogP contribution in [0.15, 0.2) is 48.5 Å². The minimum Gasteiger partial charge on any atom is -0.489 e. The molecule has 0 aliphatic carbocycles. The molecule has 2 aromatic carbocycles. The van der Waals surface area contributed by atoms with Crippen LogP contribution in [0.1, 0.15) is 21.5 Å². The monoisotopic (exact) mass is 270 g/mol. The Hall–Kier alpha value is -2.62. The molecule has 20 heavy (non-hydrogen) atoms. The molecule has 0 aromatic heterocycles. The van der Waals surface area contributed by atoms with Crippen molar-refractivity contribution < 1.29 is 19.4 Å². The molecule has 0 spiro atoms. The van der Waals surface area contributed by atoms with E-state index >= 15 is 0 Å². The highest BCUT2D eigenvalue weighted by Gasteiger charge is 2.18. The maximum absolute atomic E-state index is 11.6. The molecule has 0 aliphatic heterocycles. The Kier molecular flexibility index (Phi) is 4.15. The fourth-order valence-electron chi connectivity index (χ4n) is 1.86. The Balaban J connectivity index is 2.20. The van der Waals surface area contributed by atoms with Crippen LogP contribution in [-0.2, 0) is 11.4 Å². The van der Waals surface area contributed by atoms with Gasteiger partial charge in [0.2, 0.25) is 0 Å². The molecule has 0 aliphatic rings. The number of rotatable bonds is 5. The Morgan fingerprint density at radius 2 is 1.70 bits per heavy atom. The van der Waals surface area contributed by atoms with Crippen LogP contribution in [0.2, 0.25) is 0 Å². The lowest BCUT2D eigenvalue weighted by atomic mass is 10.0. The van der Waals surface area contributed by atoms with Crippen molar-refractivity contribution in [3.05, 3.63) is 65.2 Å². The van der Waals surface area contributed by atoms with E-state index in [9.17, 15) is 9.59 Å². The summed E-state index contributed by atoms with van der Waals surface area (Å²) in [6.07, 6.45) is 0. The van der Waals surface area contributed by atoms with Gasteiger partial charge in [-0.1, -0.05) is 42.5 Å². The Labute approximate surface area is 116 Å². The first kappa shape index (κ1) is 13.8. The molecule has 2 aromatic rings. The van der Waals surface area contributed by atoms with E-state index in [2.05, 4.69) is 0 Å². The van der Waals surface area contributed by atoms with Gasteiger partial charge in [-0.25, -0.2) is 4.79 Å². The predicted octanol–water partition coefficient (Wildman–Crippen LogP) is 2.84. The molecule has 1 N–H and O–H groups in total. The van der Waals surface area contributed by atoms with Crippen LogP contribution < -0.4 is 4.74 Å². The van der Waals surface area contributed by atoms with E-state index in [1.807, 2.05) is 31.2 Å². The fraction of sp³-hybridized carbons (Fsp3) is 0.125. The number of carboxylic acids is 1. The van der Waals surface area contributed by atoms with Gasteiger partial charge in [0.05, 0.1) is 0 Å². The average Bonchev–Trinajstić information content (AvgIpc) is 2.46. The second kappa shape index (κ2) is 6.02. The van der Waals surface area contributed by atoms with Crippen molar-refractivity contribution in [2.24, 2.45) is 0 Å². The van der Waals surface area contributed by atoms with Crippen molar-refractivity contribution in [1.29, 1.82) is 0 Å². The number of benzene rings is 2. The van der Waals surface area contributed by atoms with Gasteiger partial charge in [-0.15, -0.1) is 0 Å². The molecule has 102 valence electrons. The van der Waals surface area contributed by atoms with Crippen LogP contribution in [-0.4, -0.2) is 16.9 Å². The number of aliphatic carboxylic acids is 1. The number of carbonyl (C=O) groups excluding carboxylic acids is 1. The van der Waals surface area contributed by atoms with Gasteiger partial charge in [-0.3, -0.25) is 4.79 Å². The van der Waals surface area contributed by atoms with Crippen LogP contribution in [0.5, 0.6) is 5.75 Å². The molecule has 0 saturated heterocycles. The quantitative estimate of drug-likeness (QED) is 0.670. The molecule has 2 rings (SSSR count). The van der Waals surface area contributed by atoms with E-state index in [0.29, 0.717) is 11.3 Å². The Morgan fingerprint density at radius 3 is 2.40 bits per heavy atom. The van der Waals surface area contributed by atoms with Crippen LogP contribution >= 0.6 is 0 Å². The fourth-order valence-corrected chi connectivity index (χ4v) is 1.86. The first-order chi connectivity index (χ1) is 9.59. The number of para-hydroxylation sites is 1. The molecule has 0 amide bonds. The predicted molar refractivity (Wildman–Crippen MR) is 73.9 cm³/mol. The molecular weight excluding hydrogens is 256 g/mol. The second-order valence-electron chi connectivity index (χ2n) is 4.35. The van der Waals surface area contributed by atoms with Gasteiger partial charge in [0.25, 0.3) is 5.78 Å². The Bertz CT molecular complexity index is 646. The summed E-state index contributed by atoms with van der Waals surface area (Å²) in [5, 5.41) is 8.80. The molecule has 0 unspecified atom stereocenters. The van der Waals surface area contributed by atoms with E-state index in [4.69, 9.17) is 9.84 Å². The highest BCUT2D eigenvalue weighted by molar-refractivity contribution is 6.40. The molecule has 0 radical (unpaired) electrons. The smallest absolute Gasteiger partial charge is 0.377 e. The van der Waals surface area contributed by atoms with Crippen molar-refractivity contribution in [3.8, 4) is 5.75 Å². The van der Waals surface area contributed by atoms with E-state index in [-0.39, 0.29) is 12.2 Å². The highest BCUT2D eigenvalue weighted by atomic mass is 16.5. The molecular formula is C16H14O4. The van der Waals surface area contributed by atoms with Gasteiger partial charge in [0.15, 0.2) is 0 Å². The normalized spacial score (nSPS) is 10.1. The topological polar surface area (TPSA) is 63.6 Å².